The van der Waals surface area contributed by atoms with Crippen molar-refractivity contribution in [3.8, 4) is 11.4 Å². The number of rotatable bonds is 6. The van der Waals surface area contributed by atoms with Crippen LogP contribution < -0.4 is 15.0 Å². The van der Waals surface area contributed by atoms with Crippen LogP contribution in [0, 0.1) is 24.7 Å². The van der Waals surface area contributed by atoms with E-state index in [1.54, 1.807) is 36.1 Å². The SMILES string of the molecule is COC(=O)[C@]1(C(C)C)N[C@H](c2cn(-c3ccccc3)nc2C)[C@@H]2C(=O)N(c3ccc(OC)cc3)C(=O)[C@@H]21. The molecule has 2 aromatic carbocycles. The average Bonchev–Trinajstić information content (AvgIpc) is 3.55. The van der Waals surface area contributed by atoms with Gasteiger partial charge in [-0.1, -0.05) is 32.0 Å². The molecule has 3 aromatic rings. The quantitative estimate of drug-likeness (QED) is 0.408. The molecule has 37 heavy (non-hydrogen) atoms. The van der Waals surface area contributed by atoms with Crippen molar-refractivity contribution in [1.29, 1.82) is 0 Å². The van der Waals surface area contributed by atoms with Gasteiger partial charge < -0.3 is 9.47 Å². The third-order valence-corrected chi connectivity index (χ3v) is 7.65. The van der Waals surface area contributed by atoms with E-state index in [1.165, 1.54) is 12.0 Å². The molecule has 4 atom stereocenters. The molecule has 0 saturated carbocycles. The number of anilines is 1. The molecule has 2 fully saturated rings. The third kappa shape index (κ3) is 3.64. The Morgan fingerprint density at radius 2 is 1.68 bits per heavy atom. The minimum Gasteiger partial charge on any atom is -0.497 e. The Morgan fingerprint density at radius 3 is 2.27 bits per heavy atom. The summed E-state index contributed by atoms with van der Waals surface area (Å²) >= 11 is 0. The largest absolute Gasteiger partial charge is 0.497 e. The Bertz CT molecular complexity index is 1350. The second-order valence-electron chi connectivity index (χ2n) is 9.80. The van der Waals surface area contributed by atoms with Crippen LogP contribution in [0.25, 0.3) is 5.69 Å². The smallest absolute Gasteiger partial charge is 0.327 e. The van der Waals surface area contributed by atoms with E-state index in [2.05, 4.69) is 10.4 Å². The summed E-state index contributed by atoms with van der Waals surface area (Å²) in [6, 6.07) is 15.8. The maximum atomic E-state index is 14.0. The number of hydrogen-bond acceptors (Lipinski definition) is 7. The molecule has 0 radical (unpaired) electrons. The molecule has 9 heteroatoms. The molecule has 1 N–H and O–H groups in total. The minimum absolute atomic E-state index is 0.338. The van der Waals surface area contributed by atoms with Crippen LogP contribution >= 0.6 is 0 Å². The number of nitrogens with one attached hydrogen (secondary N) is 1. The summed E-state index contributed by atoms with van der Waals surface area (Å²) in [7, 11) is 2.85. The summed E-state index contributed by atoms with van der Waals surface area (Å²) in [6.07, 6.45) is 1.86. The molecule has 0 spiro atoms. The van der Waals surface area contributed by atoms with Crippen molar-refractivity contribution in [2.45, 2.75) is 32.4 Å². The van der Waals surface area contributed by atoms with Crippen LogP contribution in [0.15, 0.2) is 60.8 Å². The minimum atomic E-state index is -1.39. The number of carbonyl (C=O) groups is 3. The first-order chi connectivity index (χ1) is 17.7. The standard InChI is InChI=1S/C28H30N4O5/c1-16(2)28(27(35)37-5)23-22(25(33)32(26(23)34)19-11-13-20(36-4)14-12-19)24(29-28)21-15-31(30-17(21)3)18-9-7-6-8-10-18/h6-16,22-24,29H,1-5H3/t22-,23-,24-,28-/m1/s1. The van der Waals surface area contributed by atoms with E-state index in [0.717, 1.165) is 11.3 Å². The van der Waals surface area contributed by atoms with E-state index in [0.29, 0.717) is 17.1 Å². The lowest BCUT2D eigenvalue weighted by Crippen LogP contribution is -2.59. The monoisotopic (exact) mass is 502 g/mol. The molecule has 5 rings (SSSR count). The van der Waals surface area contributed by atoms with Crippen molar-refractivity contribution in [2.75, 3.05) is 19.1 Å². The average molecular weight is 503 g/mol. The van der Waals surface area contributed by atoms with Crippen LogP contribution in [-0.4, -0.2) is 47.3 Å². The van der Waals surface area contributed by atoms with Gasteiger partial charge in [0, 0.05) is 17.8 Å². The molecular formula is C28H30N4O5. The van der Waals surface area contributed by atoms with Crippen molar-refractivity contribution in [1.82, 2.24) is 15.1 Å². The molecule has 2 amide bonds. The van der Waals surface area contributed by atoms with Gasteiger partial charge in [-0.25, -0.2) is 9.58 Å². The van der Waals surface area contributed by atoms with Crippen LogP contribution in [0.1, 0.15) is 31.1 Å². The Labute approximate surface area is 215 Å². The molecule has 2 aliphatic heterocycles. The molecule has 2 saturated heterocycles. The number of amides is 2. The fraction of sp³-hybridized carbons (Fsp3) is 0.357. The van der Waals surface area contributed by atoms with Gasteiger partial charge in [-0.3, -0.25) is 19.7 Å². The van der Waals surface area contributed by atoms with Gasteiger partial charge in [-0.2, -0.15) is 5.10 Å². The van der Waals surface area contributed by atoms with Gasteiger partial charge in [0.25, 0.3) is 0 Å². The Kier molecular flexibility index (Phi) is 6.11. The number of nitrogens with zero attached hydrogens (tertiary/aromatic N) is 3. The zero-order valence-corrected chi connectivity index (χ0v) is 21.5. The number of aryl methyl sites for hydroxylation is 1. The van der Waals surface area contributed by atoms with Gasteiger partial charge in [-0.15, -0.1) is 0 Å². The van der Waals surface area contributed by atoms with Gasteiger partial charge in [0.05, 0.1) is 43.1 Å². The van der Waals surface area contributed by atoms with Gasteiger partial charge in [0.1, 0.15) is 11.3 Å². The van der Waals surface area contributed by atoms with E-state index in [9.17, 15) is 14.4 Å². The van der Waals surface area contributed by atoms with Gasteiger partial charge in [-0.05, 0) is 49.2 Å². The summed E-state index contributed by atoms with van der Waals surface area (Å²) in [4.78, 5) is 42.6. The number of aromatic nitrogens is 2. The van der Waals surface area contributed by atoms with Gasteiger partial charge >= 0.3 is 5.97 Å². The van der Waals surface area contributed by atoms with Crippen molar-refractivity contribution < 1.29 is 23.9 Å². The summed E-state index contributed by atoms with van der Waals surface area (Å²) in [5.74, 6) is -2.85. The van der Waals surface area contributed by atoms with Crippen LogP contribution in [-0.2, 0) is 19.1 Å². The van der Waals surface area contributed by atoms with Crippen molar-refractivity contribution in [3.63, 3.8) is 0 Å². The van der Waals surface area contributed by atoms with E-state index >= 15 is 0 Å². The van der Waals surface area contributed by atoms with Gasteiger partial charge in [0.15, 0.2) is 0 Å². The summed E-state index contributed by atoms with van der Waals surface area (Å²) < 4.78 is 12.2. The topological polar surface area (TPSA) is 103 Å². The number of imide groups is 1. The number of ether oxygens (including phenoxy) is 2. The zero-order valence-electron chi connectivity index (χ0n) is 21.5. The van der Waals surface area contributed by atoms with Crippen LogP contribution in [0.5, 0.6) is 5.75 Å². The maximum absolute atomic E-state index is 14.0. The normalized spacial score (nSPS) is 25.0. The first-order valence-electron chi connectivity index (χ1n) is 12.2. The summed E-state index contributed by atoms with van der Waals surface area (Å²) in [5.41, 5.74) is 1.36. The number of benzene rings is 2. The van der Waals surface area contributed by atoms with E-state index in [4.69, 9.17) is 9.47 Å². The highest BCUT2D eigenvalue weighted by Gasteiger charge is 2.70. The number of para-hydroxylation sites is 1. The molecule has 9 nitrogen and oxygen atoms in total. The number of hydrogen-bond donors (Lipinski definition) is 1. The van der Waals surface area contributed by atoms with Gasteiger partial charge in [0.2, 0.25) is 11.8 Å². The summed E-state index contributed by atoms with van der Waals surface area (Å²) in [5, 5.41) is 8.09. The predicted molar refractivity (Wildman–Crippen MR) is 136 cm³/mol. The Hall–Kier alpha value is -3.98. The Morgan fingerprint density at radius 1 is 1.00 bits per heavy atom. The number of carbonyl (C=O) groups excluding carboxylic acids is 3. The van der Waals surface area contributed by atoms with Crippen molar-refractivity contribution >= 4 is 23.5 Å². The highest BCUT2D eigenvalue weighted by atomic mass is 16.5. The maximum Gasteiger partial charge on any atom is 0.327 e. The highest BCUT2D eigenvalue weighted by molar-refractivity contribution is 6.24. The van der Waals surface area contributed by atoms with Crippen LogP contribution in [0.3, 0.4) is 0 Å². The highest BCUT2D eigenvalue weighted by Crippen LogP contribution is 2.53. The fourth-order valence-corrected chi connectivity index (χ4v) is 5.81. The number of fused-ring (bicyclic) bond motifs is 1. The molecule has 0 unspecified atom stereocenters. The first-order valence-corrected chi connectivity index (χ1v) is 12.2. The zero-order chi connectivity index (χ0) is 26.5. The molecule has 192 valence electrons. The van der Waals surface area contributed by atoms with Crippen molar-refractivity contribution in [3.05, 3.63) is 72.1 Å². The molecule has 1 aromatic heterocycles. The second-order valence-corrected chi connectivity index (χ2v) is 9.80. The lowest BCUT2D eigenvalue weighted by molar-refractivity contribution is -0.154. The first kappa shape index (κ1) is 24.7. The lowest BCUT2D eigenvalue weighted by Gasteiger charge is -2.35. The van der Waals surface area contributed by atoms with Crippen molar-refractivity contribution in [2.24, 2.45) is 17.8 Å². The molecular weight excluding hydrogens is 472 g/mol. The number of esters is 1. The van der Waals surface area contributed by atoms with E-state index in [1.807, 2.05) is 57.3 Å². The lowest BCUT2D eigenvalue weighted by atomic mass is 9.73. The molecule has 2 aliphatic rings. The summed E-state index contributed by atoms with van der Waals surface area (Å²) in [6.45, 7) is 5.58. The van der Waals surface area contributed by atoms with Crippen LogP contribution in [0.2, 0.25) is 0 Å². The third-order valence-electron chi connectivity index (χ3n) is 7.65. The van der Waals surface area contributed by atoms with E-state index < -0.39 is 35.3 Å². The molecule has 0 bridgehead atoms. The predicted octanol–water partition coefficient (Wildman–Crippen LogP) is 3.21. The Balaban J connectivity index is 1.64. The van der Waals surface area contributed by atoms with E-state index in [-0.39, 0.29) is 11.8 Å². The number of methoxy groups -OCH3 is 2. The van der Waals surface area contributed by atoms with Crippen LogP contribution in [0.4, 0.5) is 5.69 Å². The second kappa shape index (κ2) is 9.15. The molecule has 0 aliphatic carbocycles. The molecule has 3 heterocycles. The fourth-order valence-electron chi connectivity index (χ4n) is 5.81.